The average molecular weight is 744 g/mol. The van der Waals surface area contributed by atoms with Gasteiger partial charge in [0.15, 0.2) is 0 Å². The Morgan fingerprint density at radius 2 is 0.828 bits per heavy atom. The largest absolute Gasteiger partial charge is 0.310 e. The number of rotatable bonds is 4. The molecular weight excluding hydrogens is 699 g/mol. The van der Waals surface area contributed by atoms with Crippen LogP contribution in [0, 0.1) is 13.8 Å². The van der Waals surface area contributed by atoms with Gasteiger partial charge >= 0.3 is 0 Å². The third-order valence-electron chi connectivity index (χ3n) is 14.4. The molecule has 0 atom stereocenters. The van der Waals surface area contributed by atoms with Crippen molar-refractivity contribution in [3.05, 3.63) is 220 Å². The summed E-state index contributed by atoms with van der Waals surface area (Å²) in [7, 11) is 0. The second kappa shape index (κ2) is 12.5. The van der Waals surface area contributed by atoms with E-state index in [-0.39, 0.29) is 5.41 Å². The van der Waals surface area contributed by atoms with E-state index in [1.54, 1.807) is 0 Å². The zero-order valence-corrected chi connectivity index (χ0v) is 33.2. The van der Waals surface area contributed by atoms with Gasteiger partial charge in [0.25, 0.3) is 0 Å². The molecule has 0 bridgehead atoms. The van der Waals surface area contributed by atoms with Gasteiger partial charge in [-0.05, 0) is 140 Å². The van der Waals surface area contributed by atoms with Gasteiger partial charge in [0.2, 0.25) is 0 Å². The summed E-state index contributed by atoms with van der Waals surface area (Å²) in [6.07, 6.45) is 6.27. The SMILES string of the molecule is Cc1ccccc1-c1ccc(N(c2ccc3c(c2)C2(CCCCC2)c2ccccc2-3)c2cccc3c2C2(c4ccccc4-c4ccccc42)c2ccccc2-3)cc1C. The lowest BCUT2D eigenvalue weighted by molar-refractivity contribution is 0.353. The number of nitrogens with zero attached hydrogens (tertiary/aromatic N) is 1. The van der Waals surface area contributed by atoms with Crippen molar-refractivity contribution >= 4 is 17.1 Å². The zero-order valence-electron chi connectivity index (χ0n) is 33.2. The molecule has 1 heteroatoms. The Hall–Kier alpha value is -6.44. The van der Waals surface area contributed by atoms with Crippen LogP contribution in [0.4, 0.5) is 17.1 Å². The van der Waals surface area contributed by atoms with Crippen molar-refractivity contribution in [3.63, 3.8) is 0 Å². The maximum atomic E-state index is 2.62. The van der Waals surface area contributed by atoms with E-state index in [0.717, 1.165) is 0 Å². The lowest BCUT2D eigenvalue weighted by atomic mass is 9.68. The molecule has 1 saturated carbocycles. The standard InChI is InChI=1S/C57H45N/c1-37-17-4-5-18-41(37)42-31-29-39(35-38(42)2)58(40-30-32-47-43-19-6-10-24-49(43)56(53(47)36-40)33-14-3-15-34-56)54-28-16-23-48-46-22-9-13-27-52(46)57(55(48)54)50-25-11-7-20-44(50)45-21-8-12-26-51(45)57/h4-13,16-32,35-36H,3,14-15,33-34H2,1-2H3. The van der Waals surface area contributed by atoms with Crippen molar-refractivity contribution in [1.82, 2.24) is 0 Å². The summed E-state index contributed by atoms with van der Waals surface area (Å²) in [5.41, 5.74) is 25.0. The number of fused-ring (bicyclic) bond motifs is 15. The van der Waals surface area contributed by atoms with Gasteiger partial charge in [-0.1, -0.05) is 165 Å². The Labute approximate surface area is 342 Å². The third-order valence-corrected chi connectivity index (χ3v) is 14.4. The number of benzene rings is 8. The summed E-state index contributed by atoms with van der Waals surface area (Å²) in [6.45, 7) is 4.51. The van der Waals surface area contributed by atoms with Gasteiger partial charge < -0.3 is 4.90 Å². The van der Waals surface area contributed by atoms with Gasteiger partial charge in [-0.3, -0.25) is 0 Å². The number of hydrogen-bond acceptors (Lipinski definition) is 1. The van der Waals surface area contributed by atoms with Crippen LogP contribution in [0.2, 0.25) is 0 Å². The van der Waals surface area contributed by atoms with Crippen LogP contribution >= 0.6 is 0 Å². The van der Waals surface area contributed by atoms with Gasteiger partial charge in [0, 0.05) is 22.4 Å². The molecular formula is C57H45N. The summed E-state index contributed by atoms with van der Waals surface area (Å²) >= 11 is 0. The molecule has 4 aliphatic carbocycles. The molecule has 0 unspecified atom stereocenters. The third kappa shape index (κ3) is 4.42. The first kappa shape index (κ1) is 33.7. The van der Waals surface area contributed by atoms with Crippen molar-refractivity contribution in [2.75, 3.05) is 4.90 Å². The van der Waals surface area contributed by atoms with E-state index in [0.29, 0.717) is 0 Å². The van der Waals surface area contributed by atoms with Crippen molar-refractivity contribution < 1.29 is 0 Å². The molecule has 2 spiro atoms. The van der Waals surface area contributed by atoms with E-state index in [4.69, 9.17) is 0 Å². The van der Waals surface area contributed by atoms with Crippen LogP contribution in [0.1, 0.15) is 76.6 Å². The molecule has 0 heterocycles. The lowest BCUT2D eigenvalue weighted by Crippen LogP contribution is -2.29. The fourth-order valence-corrected chi connectivity index (χ4v) is 12.0. The highest BCUT2D eigenvalue weighted by Gasteiger charge is 2.53. The van der Waals surface area contributed by atoms with Crippen LogP contribution in [0.5, 0.6) is 0 Å². The van der Waals surface area contributed by atoms with Crippen LogP contribution in [-0.2, 0) is 10.8 Å². The fourth-order valence-electron chi connectivity index (χ4n) is 12.0. The predicted molar refractivity (Wildman–Crippen MR) is 242 cm³/mol. The van der Waals surface area contributed by atoms with Gasteiger partial charge in [0.05, 0.1) is 11.1 Å². The first-order valence-electron chi connectivity index (χ1n) is 21.2. The van der Waals surface area contributed by atoms with Crippen LogP contribution in [-0.4, -0.2) is 0 Å². The minimum Gasteiger partial charge on any atom is -0.310 e. The monoisotopic (exact) mass is 743 g/mol. The molecule has 58 heavy (non-hydrogen) atoms. The maximum Gasteiger partial charge on any atom is 0.0746 e. The van der Waals surface area contributed by atoms with Crippen molar-refractivity contribution in [3.8, 4) is 44.5 Å². The summed E-state index contributed by atoms with van der Waals surface area (Å²) in [5, 5.41) is 0. The fraction of sp³-hybridized carbons (Fsp3) is 0.158. The Bertz CT molecular complexity index is 2910. The molecule has 0 aromatic heterocycles. The molecule has 0 aliphatic heterocycles. The zero-order chi connectivity index (χ0) is 38.6. The van der Waals surface area contributed by atoms with Crippen molar-refractivity contribution in [2.24, 2.45) is 0 Å². The van der Waals surface area contributed by atoms with Crippen molar-refractivity contribution in [1.29, 1.82) is 0 Å². The van der Waals surface area contributed by atoms with E-state index in [1.807, 2.05) is 0 Å². The highest BCUT2D eigenvalue weighted by atomic mass is 15.1. The molecule has 1 fully saturated rings. The molecule has 0 amide bonds. The number of aryl methyl sites for hydroxylation is 2. The summed E-state index contributed by atoms with van der Waals surface area (Å²) in [4.78, 5) is 2.62. The molecule has 12 rings (SSSR count). The molecule has 0 N–H and O–H groups in total. The first-order chi connectivity index (χ1) is 28.6. The van der Waals surface area contributed by atoms with E-state index >= 15 is 0 Å². The molecule has 278 valence electrons. The van der Waals surface area contributed by atoms with Crippen molar-refractivity contribution in [2.45, 2.75) is 56.8 Å². The van der Waals surface area contributed by atoms with Crippen LogP contribution < -0.4 is 4.90 Å². The first-order valence-corrected chi connectivity index (χ1v) is 21.2. The highest BCUT2D eigenvalue weighted by Crippen LogP contribution is 2.66. The van der Waals surface area contributed by atoms with Gasteiger partial charge in [-0.2, -0.15) is 0 Å². The van der Waals surface area contributed by atoms with Gasteiger partial charge in [0.1, 0.15) is 0 Å². The lowest BCUT2D eigenvalue weighted by Gasteiger charge is -2.38. The molecule has 8 aromatic carbocycles. The van der Waals surface area contributed by atoms with Crippen LogP contribution in [0.25, 0.3) is 44.5 Å². The molecule has 0 saturated heterocycles. The minimum absolute atomic E-state index is 0.0515. The molecule has 0 radical (unpaired) electrons. The topological polar surface area (TPSA) is 3.24 Å². The van der Waals surface area contributed by atoms with E-state index in [1.165, 1.54) is 138 Å². The quantitative estimate of drug-likeness (QED) is 0.173. The summed E-state index contributed by atoms with van der Waals surface area (Å²) in [6, 6.07) is 67.3. The van der Waals surface area contributed by atoms with Crippen LogP contribution in [0.3, 0.4) is 0 Å². The van der Waals surface area contributed by atoms with Gasteiger partial charge in [-0.25, -0.2) is 0 Å². The number of hydrogen-bond donors (Lipinski definition) is 0. The Morgan fingerprint density at radius 1 is 0.362 bits per heavy atom. The van der Waals surface area contributed by atoms with Gasteiger partial charge in [-0.15, -0.1) is 0 Å². The van der Waals surface area contributed by atoms with Crippen LogP contribution in [0.15, 0.2) is 176 Å². The van der Waals surface area contributed by atoms with E-state index in [2.05, 4.69) is 195 Å². The van der Waals surface area contributed by atoms with E-state index in [9.17, 15) is 0 Å². The Morgan fingerprint density at radius 3 is 1.45 bits per heavy atom. The molecule has 8 aromatic rings. The Balaban J connectivity index is 1.16. The summed E-state index contributed by atoms with van der Waals surface area (Å²) in [5.74, 6) is 0. The predicted octanol–water partition coefficient (Wildman–Crippen LogP) is 15.0. The average Bonchev–Trinajstić information content (AvgIpc) is 3.85. The second-order valence-electron chi connectivity index (χ2n) is 17.2. The highest BCUT2D eigenvalue weighted by molar-refractivity contribution is 6.00. The normalized spacial score (nSPS) is 15.7. The van der Waals surface area contributed by atoms with E-state index < -0.39 is 5.41 Å². The number of anilines is 3. The molecule has 4 aliphatic rings. The Kier molecular flexibility index (Phi) is 7.27. The minimum atomic E-state index is -0.471. The smallest absolute Gasteiger partial charge is 0.0746 e. The molecule has 1 nitrogen and oxygen atoms in total. The second-order valence-corrected chi connectivity index (χ2v) is 17.2. The summed E-state index contributed by atoms with van der Waals surface area (Å²) < 4.78 is 0. The maximum absolute atomic E-state index is 2.62.